The summed E-state index contributed by atoms with van der Waals surface area (Å²) < 4.78 is 11.5. The van der Waals surface area contributed by atoms with E-state index in [9.17, 15) is 0 Å². The Morgan fingerprint density at radius 1 is 0.500 bits per heavy atom. The van der Waals surface area contributed by atoms with Crippen molar-refractivity contribution < 1.29 is 0 Å². The van der Waals surface area contributed by atoms with E-state index >= 15 is 0 Å². The molecule has 0 bridgehead atoms. The molecule has 8 aromatic rings. The smallest absolute Gasteiger partial charge is 0.0542 e. The first-order chi connectivity index (χ1) is 17.8. The van der Waals surface area contributed by atoms with E-state index < -0.39 is 0 Å². The van der Waals surface area contributed by atoms with Crippen LogP contribution in [0.3, 0.4) is 0 Å². The average Bonchev–Trinajstić information content (AvgIpc) is 3.62. The standard InChI is InChI=1S/C32H24S4/c1-2-3-4-5-8-18-11-12-22-26(13-18)34-32-24-15-20-16-27-23(14-19(20)17-28(24)36-30(22)32)31-29(35-27)21-9-6-7-10-25(21)33-31/h6-7,9-17H,2-5,8H2,1H3. The Hall–Kier alpha value is -2.50. The van der Waals surface area contributed by atoms with Crippen LogP contribution in [0.1, 0.15) is 38.2 Å². The number of hydrogen-bond acceptors (Lipinski definition) is 4. The number of aryl methyl sites for hydroxylation is 1. The van der Waals surface area contributed by atoms with Crippen LogP contribution in [0.15, 0.2) is 66.7 Å². The van der Waals surface area contributed by atoms with Crippen molar-refractivity contribution in [2.75, 3.05) is 0 Å². The second-order valence-corrected chi connectivity index (χ2v) is 14.1. The number of fused-ring (bicyclic) bond motifs is 11. The topological polar surface area (TPSA) is 0 Å². The molecule has 0 aliphatic heterocycles. The van der Waals surface area contributed by atoms with E-state index in [0.717, 1.165) is 0 Å². The van der Waals surface area contributed by atoms with Crippen LogP contribution in [0.5, 0.6) is 0 Å². The van der Waals surface area contributed by atoms with Crippen LogP contribution in [0.2, 0.25) is 0 Å². The third kappa shape index (κ3) is 3.21. The van der Waals surface area contributed by atoms with Crippen LogP contribution in [-0.2, 0) is 6.42 Å². The van der Waals surface area contributed by atoms with Gasteiger partial charge in [0, 0.05) is 40.3 Å². The summed E-state index contributed by atoms with van der Waals surface area (Å²) in [6.07, 6.45) is 6.51. The van der Waals surface area contributed by atoms with E-state index in [0.29, 0.717) is 0 Å². The fourth-order valence-electron chi connectivity index (χ4n) is 5.66. The zero-order chi connectivity index (χ0) is 23.8. The van der Waals surface area contributed by atoms with E-state index in [1.165, 1.54) is 108 Å². The van der Waals surface area contributed by atoms with Crippen LogP contribution in [0.4, 0.5) is 0 Å². The first kappa shape index (κ1) is 21.6. The van der Waals surface area contributed by atoms with Gasteiger partial charge in [-0.2, -0.15) is 0 Å². The lowest BCUT2D eigenvalue weighted by Crippen LogP contribution is -1.85. The van der Waals surface area contributed by atoms with Crippen LogP contribution in [-0.4, -0.2) is 0 Å². The summed E-state index contributed by atoms with van der Waals surface area (Å²) in [7, 11) is 0. The molecule has 0 atom stereocenters. The Balaban J connectivity index is 1.28. The summed E-state index contributed by atoms with van der Waals surface area (Å²) in [4.78, 5) is 0. The Morgan fingerprint density at radius 2 is 1.08 bits per heavy atom. The molecule has 4 heteroatoms. The Bertz CT molecular complexity index is 2090. The number of unbranched alkanes of at least 4 members (excludes halogenated alkanes) is 3. The monoisotopic (exact) mass is 536 g/mol. The highest BCUT2D eigenvalue weighted by atomic mass is 32.1. The molecule has 0 unspecified atom stereocenters. The fourth-order valence-corrected chi connectivity index (χ4v) is 11.1. The van der Waals surface area contributed by atoms with Gasteiger partial charge in [-0.25, -0.2) is 0 Å². The van der Waals surface area contributed by atoms with Gasteiger partial charge in [0.25, 0.3) is 0 Å². The molecule has 0 aliphatic carbocycles. The van der Waals surface area contributed by atoms with Gasteiger partial charge >= 0.3 is 0 Å². The number of rotatable bonds is 5. The van der Waals surface area contributed by atoms with Gasteiger partial charge in [-0.05, 0) is 65.6 Å². The van der Waals surface area contributed by atoms with Crippen LogP contribution in [0, 0.1) is 0 Å². The molecule has 0 spiro atoms. The Kier molecular flexibility index (Phi) is 4.95. The highest BCUT2D eigenvalue weighted by molar-refractivity contribution is 7.37. The van der Waals surface area contributed by atoms with Crippen LogP contribution >= 0.6 is 45.3 Å². The minimum Gasteiger partial charge on any atom is -0.134 e. The molecule has 0 fully saturated rings. The second kappa shape index (κ2) is 8.26. The highest BCUT2D eigenvalue weighted by Gasteiger charge is 2.16. The molecule has 0 saturated carbocycles. The van der Waals surface area contributed by atoms with Crippen molar-refractivity contribution in [3.05, 3.63) is 72.3 Å². The molecule has 4 heterocycles. The molecule has 0 N–H and O–H groups in total. The molecular formula is C32H24S4. The van der Waals surface area contributed by atoms with Crippen LogP contribution in [0.25, 0.3) is 69.9 Å². The summed E-state index contributed by atoms with van der Waals surface area (Å²) in [5.41, 5.74) is 1.50. The quantitative estimate of drug-likeness (QED) is 0.192. The molecule has 0 radical (unpaired) electrons. The third-order valence-corrected chi connectivity index (χ3v) is 12.5. The number of benzene rings is 4. The minimum atomic E-state index is 1.20. The molecule has 4 aromatic carbocycles. The largest absolute Gasteiger partial charge is 0.134 e. The molecule has 36 heavy (non-hydrogen) atoms. The first-order valence-electron chi connectivity index (χ1n) is 12.8. The predicted octanol–water partition coefficient (Wildman–Crippen LogP) is 12.1. The third-order valence-electron chi connectivity index (χ3n) is 7.53. The zero-order valence-corrected chi connectivity index (χ0v) is 23.3. The van der Waals surface area contributed by atoms with Gasteiger partial charge in [0.1, 0.15) is 0 Å². The Labute approximate surface area is 225 Å². The van der Waals surface area contributed by atoms with E-state index in [1.807, 2.05) is 45.3 Å². The Morgan fingerprint density at radius 3 is 1.78 bits per heavy atom. The van der Waals surface area contributed by atoms with Gasteiger partial charge in [0.2, 0.25) is 0 Å². The number of thiophene rings is 4. The van der Waals surface area contributed by atoms with Gasteiger partial charge in [-0.15, -0.1) is 45.3 Å². The van der Waals surface area contributed by atoms with E-state index in [-0.39, 0.29) is 0 Å². The minimum absolute atomic E-state index is 1.20. The maximum atomic E-state index is 2.46. The molecule has 0 nitrogen and oxygen atoms in total. The maximum absolute atomic E-state index is 2.46. The van der Waals surface area contributed by atoms with Crippen molar-refractivity contribution in [3.8, 4) is 0 Å². The van der Waals surface area contributed by atoms with Crippen molar-refractivity contribution >= 4 is 115 Å². The summed E-state index contributed by atoms with van der Waals surface area (Å²) in [5, 5.41) is 8.40. The second-order valence-electron chi connectivity index (χ2n) is 9.91. The maximum Gasteiger partial charge on any atom is 0.0542 e. The van der Waals surface area contributed by atoms with Crippen molar-refractivity contribution in [2.24, 2.45) is 0 Å². The van der Waals surface area contributed by atoms with Crippen molar-refractivity contribution in [3.63, 3.8) is 0 Å². The lowest BCUT2D eigenvalue weighted by molar-refractivity contribution is 0.667. The summed E-state index contributed by atoms with van der Waals surface area (Å²) >= 11 is 7.86. The first-order valence-corrected chi connectivity index (χ1v) is 16.1. The SMILES string of the molecule is CCCCCCc1ccc2c(c1)sc1c3cc4cc5sc6c7ccccc7sc6c5cc4cc3sc21. The molecular weight excluding hydrogens is 513 g/mol. The van der Waals surface area contributed by atoms with Gasteiger partial charge in [0.15, 0.2) is 0 Å². The highest BCUT2D eigenvalue weighted by Crippen LogP contribution is 2.48. The average molecular weight is 537 g/mol. The van der Waals surface area contributed by atoms with Gasteiger partial charge in [-0.1, -0.05) is 56.5 Å². The van der Waals surface area contributed by atoms with Gasteiger partial charge < -0.3 is 0 Å². The fraction of sp³-hybridized carbons (Fsp3) is 0.188. The molecule has 176 valence electrons. The molecule has 0 saturated heterocycles. The van der Waals surface area contributed by atoms with E-state index in [2.05, 4.69) is 73.7 Å². The van der Waals surface area contributed by atoms with Crippen molar-refractivity contribution in [2.45, 2.75) is 39.0 Å². The summed E-state index contributed by atoms with van der Waals surface area (Å²) in [6.45, 7) is 2.28. The molecule has 8 rings (SSSR count). The lowest BCUT2D eigenvalue weighted by atomic mass is 10.1. The predicted molar refractivity (Wildman–Crippen MR) is 168 cm³/mol. The van der Waals surface area contributed by atoms with Crippen molar-refractivity contribution in [1.82, 2.24) is 0 Å². The normalized spacial score (nSPS) is 12.6. The van der Waals surface area contributed by atoms with Crippen LogP contribution < -0.4 is 0 Å². The summed E-state index contributed by atoms with van der Waals surface area (Å²) in [6, 6.07) is 25.8. The molecule has 0 aliphatic rings. The zero-order valence-electron chi connectivity index (χ0n) is 20.0. The lowest BCUT2D eigenvalue weighted by Gasteiger charge is -2.02. The van der Waals surface area contributed by atoms with Gasteiger partial charge in [-0.3, -0.25) is 0 Å². The van der Waals surface area contributed by atoms with E-state index in [4.69, 9.17) is 0 Å². The summed E-state index contributed by atoms with van der Waals surface area (Å²) in [5.74, 6) is 0. The molecule has 4 aromatic heterocycles. The molecule has 0 amide bonds. The van der Waals surface area contributed by atoms with Gasteiger partial charge in [0.05, 0.1) is 18.8 Å². The van der Waals surface area contributed by atoms with Crippen molar-refractivity contribution in [1.29, 1.82) is 0 Å². The van der Waals surface area contributed by atoms with E-state index in [1.54, 1.807) is 0 Å². The number of hydrogen-bond donors (Lipinski definition) is 0.